The van der Waals surface area contributed by atoms with Crippen molar-refractivity contribution in [2.75, 3.05) is 0 Å². The number of hydrogen-bond acceptors (Lipinski definition) is 2. The fourth-order valence-corrected chi connectivity index (χ4v) is 1.01. The molecule has 3 nitrogen and oxygen atoms in total. The van der Waals surface area contributed by atoms with Gasteiger partial charge < -0.3 is 5.73 Å². The van der Waals surface area contributed by atoms with Gasteiger partial charge in [0, 0.05) is 12.1 Å². The lowest BCUT2D eigenvalue weighted by Crippen LogP contribution is -2.23. The van der Waals surface area contributed by atoms with Crippen LogP contribution in [0.3, 0.4) is 0 Å². The average Bonchev–Trinajstić information content (AvgIpc) is 2.18. The molecule has 0 aliphatic carbocycles. The van der Waals surface area contributed by atoms with Gasteiger partial charge in [0.2, 0.25) is 0 Å². The van der Waals surface area contributed by atoms with Gasteiger partial charge in [0.25, 0.3) is 0 Å². The Morgan fingerprint density at radius 1 is 1.50 bits per heavy atom. The normalized spacial score (nSPS) is 19.9. The minimum absolute atomic E-state index is 0.271. The summed E-state index contributed by atoms with van der Waals surface area (Å²) in [5, 5.41) is 6.10. The Balaban J connectivity index is 2.83. The molecule has 1 rings (SSSR count). The zero-order valence-electron chi connectivity index (χ0n) is 8.94. The zero-order valence-corrected chi connectivity index (χ0v) is 8.94. The van der Waals surface area contributed by atoms with Crippen LogP contribution in [0, 0.1) is 5.92 Å². The molecule has 2 N–H and O–H groups in total. The summed E-state index contributed by atoms with van der Waals surface area (Å²) in [6.07, 6.45) is 9.80. The van der Waals surface area contributed by atoms with E-state index in [1.54, 1.807) is 5.01 Å². The highest BCUT2D eigenvalue weighted by Crippen LogP contribution is 2.13. The number of nitrogens with two attached hydrogens (primary N) is 1. The second-order valence-electron chi connectivity index (χ2n) is 3.44. The highest BCUT2D eigenvalue weighted by Gasteiger charge is 2.06. The molecule has 0 aromatic heterocycles. The lowest BCUT2D eigenvalue weighted by molar-refractivity contribution is 0.502. The summed E-state index contributed by atoms with van der Waals surface area (Å²) < 4.78 is 0. The SMILES string of the molecule is C/C=C1/C=CC=CN1/N=C(\N)C(C)C. The Kier molecular flexibility index (Phi) is 3.51. The van der Waals surface area contributed by atoms with E-state index in [9.17, 15) is 0 Å². The average molecular weight is 191 g/mol. The van der Waals surface area contributed by atoms with Crippen LogP contribution in [0.5, 0.6) is 0 Å². The Morgan fingerprint density at radius 2 is 2.21 bits per heavy atom. The van der Waals surface area contributed by atoms with Crippen molar-refractivity contribution in [2.24, 2.45) is 16.8 Å². The van der Waals surface area contributed by atoms with E-state index < -0.39 is 0 Å². The van der Waals surface area contributed by atoms with E-state index in [-0.39, 0.29) is 5.92 Å². The molecule has 0 aromatic carbocycles. The maximum atomic E-state index is 5.79. The summed E-state index contributed by atoms with van der Waals surface area (Å²) in [6.45, 7) is 6.03. The van der Waals surface area contributed by atoms with Crippen molar-refractivity contribution in [3.05, 3.63) is 36.2 Å². The van der Waals surface area contributed by atoms with Crippen LogP contribution in [0.25, 0.3) is 0 Å². The molecule has 0 saturated heterocycles. The van der Waals surface area contributed by atoms with Gasteiger partial charge in [-0.05, 0) is 19.1 Å². The zero-order chi connectivity index (χ0) is 10.6. The van der Waals surface area contributed by atoms with E-state index in [1.807, 2.05) is 51.3 Å². The van der Waals surface area contributed by atoms with Crippen LogP contribution in [0.15, 0.2) is 41.3 Å². The highest BCUT2D eigenvalue weighted by molar-refractivity contribution is 5.82. The van der Waals surface area contributed by atoms with E-state index in [1.165, 1.54) is 0 Å². The Hall–Kier alpha value is -1.51. The smallest absolute Gasteiger partial charge is 0.123 e. The highest BCUT2D eigenvalue weighted by atomic mass is 15.5. The predicted octanol–water partition coefficient (Wildman–Crippen LogP) is 2.20. The maximum absolute atomic E-state index is 5.79. The van der Waals surface area contributed by atoms with Gasteiger partial charge in [0.05, 0.1) is 5.70 Å². The van der Waals surface area contributed by atoms with E-state index >= 15 is 0 Å². The molecule has 0 atom stereocenters. The second-order valence-corrected chi connectivity index (χ2v) is 3.44. The van der Waals surface area contributed by atoms with Gasteiger partial charge in [0.1, 0.15) is 5.84 Å². The fraction of sp³-hybridized carbons (Fsp3) is 0.364. The minimum Gasteiger partial charge on any atom is -0.385 e. The third kappa shape index (κ3) is 2.49. The molecule has 0 spiro atoms. The van der Waals surface area contributed by atoms with Crippen LogP contribution in [0.4, 0.5) is 0 Å². The quantitative estimate of drug-likeness (QED) is 0.537. The summed E-state index contributed by atoms with van der Waals surface area (Å²) in [5.74, 6) is 0.914. The lowest BCUT2D eigenvalue weighted by atomic mass is 10.2. The molecule has 1 aliphatic rings. The monoisotopic (exact) mass is 191 g/mol. The number of allylic oxidation sites excluding steroid dienone is 4. The van der Waals surface area contributed by atoms with Crippen molar-refractivity contribution in [1.82, 2.24) is 5.01 Å². The van der Waals surface area contributed by atoms with Crippen LogP contribution in [-0.4, -0.2) is 10.8 Å². The standard InChI is InChI=1S/C11H17N3/c1-4-10-7-5-6-8-14(10)13-11(12)9(2)3/h4-9H,1-3H3,(H2,12,13)/b10-4-. The first-order valence-corrected chi connectivity index (χ1v) is 4.79. The first-order valence-electron chi connectivity index (χ1n) is 4.79. The molecule has 0 radical (unpaired) electrons. The molecule has 0 bridgehead atoms. The molecule has 1 aliphatic heterocycles. The molecule has 14 heavy (non-hydrogen) atoms. The Morgan fingerprint density at radius 3 is 2.79 bits per heavy atom. The second kappa shape index (κ2) is 4.65. The van der Waals surface area contributed by atoms with Crippen molar-refractivity contribution in [3.63, 3.8) is 0 Å². The number of hydrogen-bond donors (Lipinski definition) is 1. The van der Waals surface area contributed by atoms with Crippen LogP contribution in [0.2, 0.25) is 0 Å². The number of rotatable bonds is 2. The summed E-state index contributed by atoms with van der Waals surface area (Å²) >= 11 is 0. The number of hydrazone groups is 1. The molecular weight excluding hydrogens is 174 g/mol. The van der Waals surface area contributed by atoms with Crippen LogP contribution in [-0.2, 0) is 0 Å². The fourth-order valence-electron chi connectivity index (χ4n) is 1.01. The van der Waals surface area contributed by atoms with Gasteiger partial charge in [-0.3, -0.25) is 0 Å². The number of nitrogens with zero attached hydrogens (tertiary/aromatic N) is 2. The molecule has 0 aromatic rings. The maximum Gasteiger partial charge on any atom is 0.123 e. The molecule has 0 amide bonds. The van der Waals surface area contributed by atoms with Crippen LogP contribution < -0.4 is 5.73 Å². The predicted molar refractivity (Wildman–Crippen MR) is 60.3 cm³/mol. The molecule has 0 fully saturated rings. The van der Waals surface area contributed by atoms with E-state index in [0.29, 0.717) is 5.84 Å². The summed E-state index contributed by atoms with van der Waals surface area (Å²) in [6, 6.07) is 0. The Bertz CT molecular complexity index is 308. The molecule has 3 heteroatoms. The topological polar surface area (TPSA) is 41.6 Å². The van der Waals surface area contributed by atoms with Gasteiger partial charge in [-0.1, -0.05) is 26.0 Å². The van der Waals surface area contributed by atoms with E-state index in [4.69, 9.17) is 5.73 Å². The first-order chi connectivity index (χ1) is 6.65. The number of amidine groups is 1. The van der Waals surface area contributed by atoms with Gasteiger partial charge in [0.15, 0.2) is 0 Å². The Labute approximate surface area is 85.3 Å². The third-order valence-corrected chi connectivity index (χ3v) is 1.98. The minimum atomic E-state index is 0.271. The van der Waals surface area contributed by atoms with Gasteiger partial charge in [-0.2, -0.15) is 5.10 Å². The van der Waals surface area contributed by atoms with Crippen molar-refractivity contribution in [3.8, 4) is 0 Å². The summed E-state index contributed by atoms with van der Waals surface area (Å²) in [5.41, 5.74) is 6.83. The molecule has 1 heterocycles. The molecule has 76 valence electrons. The van der Waals surface area contributed by atoms with E-state index in [2.05, 4.69) is 5.10 Å². The van der Waals surface area contributed by atoms with Crippen molar-refractivity contribution in [1.29, 1.82) is 0 Å². The lowest BCUT2D eigenvalue weighted by Gasteiger charge is -2.19. The van der Waals surface area contributed by atoms with Gasteiger partial charge in [-0.15, -0.1) is 0 Å². The summed E-state index contributed by atoms with van der Waals surface area (Å²) in [4.78, 5) is 0. The van der Waals surface area contributed by atoms with Crippen LogP contribution >= 0.6 is 0 Å². The van der Waals surface area contributed by atoms with Crippen molar-refractivity contribution >= 4 is 5.84 Å². The van der Waals surface area contributed by atoms with Crippen molar-refractivity contribution < 1.29 is 0 Å². The summed E-state index contributed by atoms with van der Waals surface area (Å²) in [7, 11) is 0. The molecule has 0 unspecified atom stereocenters. The van der Waals surface area contributed by atoms with Gasteiger partial charge in [-0.25, -0.2) is 5.01 Å². The largest absolute Gasteiger partial charge is 0.385 e. The molecule has 0 saturated carbocycles. The molecular formula is C11H17N3. The van der Waals surface area contributed by atoms with Gasteiger partial charge >= 0.3 is 0 Å². The van der Waals surface area contributed by atoms with Crippen molar-refractivity contribution in [2.45, 2.75) is 20.8 Å². The first kappa shape index (κ1) is 10.6. The third-order valence-electron chi connectivity index (χ3n) is 1.98. The van der Waals surface area contributed by atoms with Crippen LogP contribution in [0.1, 0.15) is 20.8 Å². The van der Waals surface area contributed by atoms with E-state index in [0.717, 1.165) is 5.70 Å².